The van der Waals surface area contributed by atoms with Crippen molar-refractivity contribution in [3.63, 3.8) is 0 Å². The van der Waals surface area contributed by atoms with Crippen molar-refractivity contribution in [2.45, 2.75) is 13.0 Å². The molecule has 1 aliphatic rings. The highest BCUT2D eigenvalue weighted by molar-refractivity contribution is 5.92. The second kappa shape index (κ2) is 6.86. The Morgan fingerprint density at radius 1 is 1.50 bits per heavy atom. The maximum Gasteiger partial charge on any atom is 0.333 e. The molecule has 0 fully saturated rings. The van der Waals surface area contributed by atoms with E-state index in [-0.39, 0.29) is 11.6 Å². The molecular formula is C16H17F2N3O3. The number of benzene rings is 1. The van der Waals surface area contributed by atoms with Crippen LogP contribution in [0.1, 0.15) is 22.6 Å². The molecule has 0 unspecified atom stereocenters. The van der Waals surface area contributed by atoms with Gasteiger partial charge in [-0.3, -0.25) is 4.79 Å². The molecule has 8 heteroatoms. The Labute approximate surface area is 137 Å². The van der Waals surface area contributed by atoms with Crippen LogP contribution in [0.3, 0.4) is 0 Å². The Morgan fingerprint density at radius 3 is 3.04 bits per heavy atom. The summed E-state index contributed by atoms with van der Waals surface area (Å²) in [5.41, 5.74) is 0.982. The van der Waals surface area contributed by atoms with E-state index in [0.717, 1.165) is 23.9 Å². The molecule has 3 rings (SSSR count). The van der Waals surface area contributed by atoms with Crippen molar-refractivity contribution in [3.05, 3.63) is 41.7 Å². The highest BCUT2D eigenvalue weighted by atomic mass is 19.3. The number of methoxy groups -OCH3 is 1. The first kappa shape index (κ1) is 16.2. The third-order valence-electron chi connectivity index (χ3n) is 3.84. The van der Waals surface area contributed by atoms with Gasteiger partial charge in [-0.15, -0.1) is 0 Å². The topological polar surface area (TPSA) is 65.4 Å². The number of carbonyl (C=O) groups is 1. The lowest BCUT2D eigenvalue weighted by atomic mass is 9.96. The SMILES string of the molecule is COc1cccc2c1OC[C@@H](CNC(=O)c1ccn(C(F)F)n1)C2. The molecule has 0 spiro atoms. The molecule has 0 bridgehead atoms. The number of para-hydroxylation sites is 1. The predicted molar refractivity (Wildman–Crippen MR) is 81.5 cm³/mol. The molecule has 0 saturated heterocycles. The molecular weight excluding hydrogens is 320 g/mol. The van der Waals surface area contributed by atoms with Crippen LogP contribution in [-0.4, -0.2) is 35.9 Å². The summed E-state index contributed by atoms with van der Waals surface area (Å²) < 4.78 is 36.4. The van der Waals surface area contributed by atoms with E-state index < -0.39 is 12.5 Å². The minimum absolute atomic E-state index is 0.0332. The normalized spacial score (nSPS) is 16.4. The van der Waals surface area contributed by atoms with Crippen LogP contribution in [0, 0.1) is 5.92 Å². The third-order valence-corrected chi connectivity index (χ3v) is 3.84. The number of hydrogen-bond acceptors (Lipinski definition) is 4. The maximum atomic E-state index is 12.5. The number of nitrogens with zero attached hydrogens (tertiary/aromatic N) is 2. The smallest absolute Gasteiger partial charge is 0.333 e. The standard InChI is InChI=1S/C16H17F2N3O3/c1-23-13-4-2-3-11-7-10(9-24-14(11)13)8-19-15(22)12-5-6-21(20-12)16(17)18/h2-6,10,16H,7-9H2,1H3,(H,19,22)/t10-/m1/s1. The molecule has 1 aromatic heterocycles. The van der Waals surface area contributed by atoms with Gasteiger partial charge in [0.15, 0.2) is 11.5 Å². The lowest BCUT2D eigenvalue weighted by molar-refractivity contribution is 0.0559. The molecule has 0 saturated carbocycles. The summed E-state index contributed by atoms with van der Waals surface area (Å²) in [5.74, 6) is 1.03. The van der Waals surface area contributed by atoms with Crippen molar-refractivity contribution in [3.8, 4) is 11.5 Å². The molecule has 0 radical (unpaired) electrons. The van der Waals surface area contributed by atoms with Crippen molar-refractivity contribution >= 4 is 5.91 Å². The summed E-state index contributed by atoms with van der Waals surface area (Å²) in [4.78, 5) is 12.0. The fraction of sp³-hybridized carbons (Fsp3) is 0.375. The first-order chi connectivity index (χ1) is 11.6. The van der Waals surface area contributed by atoms with Crippen LogP contribution in [-0.2, 0) is 6.42 Å². The quantitative estimate of drug-likeness (QED) is 0.909. The first-order valence-corrected chi connectivity index (χ1v) is 7.48. The highest BCUT2D eigenvalue weighted by Crippen LogP contribution is 2.35. The number of nitrogens with one attached hydrogen (secondary N) is 1. The monoisotopic (exact) mass is 337 g/mol. The average Bonchev–Trinajstić information content (AvgIpc) is 3.09. The van der Waals surface area contributed by atoms with E-state index in [0.29, 0.717) is 23.6 Å². The summed E-state index contributed by atoms with van der Waals surface area (Å²) in [5, 5.41) is 6.25. The zero-order valence-corrected chi connectivity index (χ0v) is 13.0. The summed E-state index contributed by atoms with van der Waals surface area (Å²) in [6.07, 6.45) is 1.81. The minimum atomic E-state index is -2.76. The van der Waals surface area contributed by atoms with E-state index in [1.807, 2.05) is 18.2 Å². The number of fused-ring (bicyclic) bond motifs is 1. The summed E-state index contributed by atoms with van der Waals surface area (Å²) in [6.45, 7) is -1.94. The Hall–Kier alpha value is -2.64. The van der Waals surface area contributed by atoms with Crippen LogP contribution >= 0.6 is 0 Å². The minimum Gasteiger partial charge on any atom is -0.493 e. The number of amides is 1. The number of ether oxygens (including phenoxy) is 2. The van der Waals surface area contributed by atoms with Crippen molar-refractivity contribution < 1.29 is 23.0 Å². The zero-order valence-electron chi connectivity index (χ0n) is 13.0. The first-order valence-electron chi connectivity index (χ1n) is 7.48. The van der Waals surface area contributed by atoms with Gasteiger partial charge in [-0.25, -0.2) is 4.68 Å². The summed E-state index contributed by atoms with van der Waals surface area (Å²) in [6, 6.07) is 6.94. The van der Waals surface area contributed by atoms with Gasteiger partial charge in [-0.1, -0.05) is 12.1 Å². The van der Waals surface area contributed by atoms with Crippen molar-refractivity contribution in [2.75, 3.05) is 20.3 Å². The number of alkyl halides is 2. The van der Waals surface area contributed by atoms with Crippen LogP contribution in [0.2, 0.25) is 0 Å². The summed E-state index contributed by atoms with van der Waals surface area (Å²) in [7, 11) is 1.59. The number of carbonyl (C=O) groups excluding carboxylic acids is 1. The average molecular weight is 337 g/mol. The molecule has 1 aromatic carbocycles. The lowest BCUT2D eigenvalue weighted by Gasteiger charge is -2.26. The van der Waals surface area contributed by atoms with Gasteiger partial charge >= 0.3 is 6.55 Å². The molecule has 128 valence electrons. The van der Waals surface area contributed by atoms with Crippen LogP contribution in [0.15, 0.2) is 30.5 Å². The predicted octanol–water partition coefficient (Wildman–Crippen LogP) is 2.27. The highest BCUT2D eigenvalue weighted by Gasteiger charge is 2.23. The fourth-order valence-corrected chi connectivity index (χ4v) is 2.64. The van der Waals surface area contributed by atoms with Gasteiger partial charge < -0.3 is 14.8 Å². The Balaban J connectivity index is 1.58. The lowest BCUT2D eigenvalue weighted by Crippen LogP contribution is -2.35. The Kier molecular flexibility index (Phi) is 4.64. The molecule has 1 atom stereocenters. The number of aromatic nitrogens is 2. The number of hydrogen-bond donors (Lipinski definition) is 1. The third kappa shape index (κ3) is 3.32. The Morgan fingerprint density at radius 2 is 2.33 bits per heavy atom. The van der Waals surface area contributed by atoms with E-state index in [4.69, 9.17) is 9.47 Å². The van der Waals surface area contributed by atoms with Gasteiger partial charge in [0.1, 0.15) is 5.69 Å². The molecule has 2 heterocycles. The van der Waals surface area contributed by atoms with Gasteiger partial charge in [0.25, 0.3) is 5.91 Å². The van der Waals surface area contributed by atoms with E-state index in [1.54, 1.807) is 7.11 Å². The fourth-order valence-electron chi connectivity index (χ4n) is 2.64. The number of halogens is 2. The number of rotatable bonds is 5. The van der Waals surface area contributed by atoms with Crippen molar-refractivity contribution in [1.29, 1.82) is 0 Å². The van der Waals surface area contributed by atoms with Crippen LogP contribution < -0.4 is 14.8 Å². The van der Waals surface area contributed by atoms with E-state index in [2.05, 4.69) is 10.4 Å². The maximum absolute atomic E-state index is 12.5. The molecule has 0 aliphatic carbocycles. The van der Waals surface area contributed by atoms with Crippen LogP contribution in [0.25, 0.3) is 0 Å². The molecule has 2 aromatic rings. The zero-order chi connectivity index (χ0) is 17.1. The molecule has 6 nitrogen and oxygen atoms in total. The van der Waals surface area contributed by atoms with E-state index in [1.165, 1.54) is 6.07 Å². The van der Waals surface area contributed by atoms with E-state index >= 15 is 0 Å². The van der Waals surface area contributed by atoms with Crippen molar-refractivity contribution in [2.24, 2.45) is 5.92 Å². The van der Waals surface area contributed by atoms with Crippen molar-refractivity contribution in [1.82, 2.24) is 15.1 Å². The largest absolute Gasteiger partial charge is 0.493 e. The Bertz CT molecular complexity index is 733. The molecule has 1 amide bonds. The van der Waals surface area contributed by atoms with Gasteiger partial charge in [0.2, 0.25) is 0 Å². The molecule has 1 N–H and O–H groups in total. The van der Waals surface area contributed by atoms with Gasteiger partial charge in [0, 0.05) is 18.7 Å². The van der Waals surface area contributed by atoms with Gasteiger partial charge in [-0.05, 0) is 24.1 Å². The second-order valence-corrected chi connectivity index (χ2v) is 5.50. The second-order valence-electron chi connectivity index (χ2n) is 5.50. The van der Waals surface area contributed by atoms with Gasteiger partial charge in [0.05, 0.1) is 13.7 Å². The molecule has 24 heavy (non-hydrogen) atoms. The summed E-state index contributed by atoms with van der Waals surface area (Å²) >= 11 is 0. The van der Waals surface area contributed by atoms with Crippen LogP contribution in [0.4, 0.5) is 8.78 Å². The van der Waals surface area contributed by atoms with Gasteiger partial charge in [-0.2, -0.15) is 13.9 Å². The van der Waals surface area contributed by atoms with E-state index in [9.17, 15) is 13.6 Å². The molecule has 1 aliphatic heterocycles. The van der Waals surface area contributed by atoms with Crippen LogP contribution in [0.5, 0.6) is 11.5 Å².